The van der Waals surface area contributed by atoms with Gasteiger partial charge in [-0.25, -0.2) is 0 Å². The molecule has 1 aliphatic heterocycles. The fourth-order valence-electron chi connectivity index (χ4n) is 2.55. The molecule has 1 aliphatic rings. The standard InChI is InChI=1S/C14H20N2O2/c1-2-8-14(9-3-10-15-14)13(18)16-11-4-6-12(17)7-5-11/h4-7,15,17H,2-3,8-10H2,1H3,(H,16,18). The average molecular weight is 248 g/mol. The van der Waals surface area contributed by atoms with Crippen molar-refractivity contribution in [1.29, 1.82) is 0 Å². The third kappa shape index (κ3) is 2.64. The normalized spacial score (nSPS) is 22.9. The molecule has 1 saturated heterocycles. The Hall–Kier alpha value is -1.55. The Morgan fingerprint density at radius 1 is 1.44 bits per heavy atom. The first kappa shape index (κ1) is 12.9. The summed E-state index contributed by atoms with van der Waals surface area (Å²) in [5.41, 5.74) is 0.314. The Morgan fingerprint density at radius 3 is 2.72 bits per heavy atom. The second-order valence-electron chi connectivity index (χ2n) is 4.86. The molecule has 0 aliphatic carbocycles. The van der Waals surface area contributed by atoms with Crippen LogP contribution in [0.5, 0.6) is 5.75 Å². The lowest BCUT2D eigenvalue weighted by Crippen LogP contribution is -2.50. The molecule has 0 radical (unpaired) electrons. The monoisotopic (exact) mass is 248 g/mol. The lowest BCUT2D eigenvalue weighted by molar-refractivity contribution is -0.122. The highest BCUT2D eigenvalue weighted by molar-refractivity contribution is 5.98. The van der Waals surface area contributed by atoms with E-state index in [-0.39, 0.29) is 11.7 Å². The van der Waals surface area contributed by atoms with Crippen molar-refractivity contribution >= 4 is 11.6 Å². The van der Waals surface area contributed by atoms with Gasteiger partial charge in [0.25, 0.3) is 0 Å². The number of phenolic OH excluding ortho intramolecular Hbond substituents is 1. The van der Waals surface area contributed by atoms with Gasteiger partial charge in [0.2, 0.25) is 5.91 Å². The molecule has 1 atom stereocenters. The number of hydrogen-bond donors (Lipinski definition) is 3. The number of rotatable bonds is 4. The quantitative estimate of drug-likeness (QED) is 0.716. The van der Waals surface area contributed by atoms with Crippen molar-refractivity contribution in [1.82, 2.24) is 5.32 Å². The van der Waals surface area contributed by atoms with Gasteiger partial charge in [-0.3, -0.25) is 4.79 Å². The number of carbonyl (C=O) groups is 1. The average Bonchev–Trinajstić information content (AvgIpc) is 2.82. The van der Waals surface area contributed by atoms with E-state index < -0.39 is 5.54 Å². The molecule has 1 fully saturated rings. The van der Waals surface area contributed by atoms with Crippen LogP contribution < -0.4 is 10.6 Å². The molecule has 4 nitrogen and oxygen atoms in total. The maximum atomic E-state index is 12.4. The second kappa shape index (κ2) is 5.40. The van der Waals surface area contributed by atoms with Crippen LogP contribution in [0.4, 0.5) is 5.69 Å². The van der Waals surface area contributed by atoms with Crippen molar-refractivity contribution in [2.75, 3.05) is 11.9 Å². The molecule has 4 heteroatoms. The molecule has 0 saturated carbocycles. The summed E-state index contributed by atoms with van der Waals surface area (Å²) < 4.78 is 0. The van der Waals surface area contributed by atoms with Crippen LogP contribution in [0.15, 0.2) is 24.3 Å². The van der Waals surface area contributed by atoms with Crippen LogP contribution in [-0.4, -0.2) is 23.1 Å². The van der Waals surface area contributed by atoms with E-state index in [0.29, 0.717) is 0 Å². The van der Waals surface area contributed by atoms with Crippen LogP contribution in [0.25, 0.3) is 0 Å². The van der Waals surface area contributed by atoms with Crippen molar-refractivity contribution < 1.29 is 9.90 Å². The Bertz CT molecular complexity index is 408. The minimum atomic E-state index is -0.410. The second-order valence-corrected chi connectivity index (χ2v) is 4.86. The van der Waals surface area contributed by atoms with Gasteiger partial charge in [0.1, 0.15) is 5.75 Å². The van der Waals surface area contributed by atoms with Gasteiger partial charge in [0.15, 0.2) is 0 Å². The number of hydrogen-bond acceptors (Lipinski definition) is 3. The third-order valence-electron chi connectivity index (χ3n) is 3.48. The zero-order valence-corrected chi connectivity index (χ0v) is 10.7. The molecule has 18 heavy (non-hydrogen) atoms. The van der Waals surface area contributed by atoms with E-state index in [1.807, 2.05) is 0 Å². The summed E-state index contributed by atoms with van der Waals surface area (Å²) in [6.45, 7) is 3.00. The number of amides is 1. The summed E-state index contributed by atoms with van der Waals surface area (Å²) in [4.78, 5) is 12.4. The summed E-state index contributed by atoms with van der Waals surface area (Å²) >= 11 is 0. The molecule has 1 amide bonds. The summed E-state index contributed by atoms with van der Waals surface area (Å²) in [5.74, 6) is 0.239. The van der Waals surface area contributed by atoms with E-state index in [1.165, 1.54) is 0 Å². The Balaban J connectivity index is 2.07. The smallest absolute Gasteiger partial charge is 0.244 e. The number of phenols is 1. The van der Waals surface area contributed by atoms with Crippen molar-refractivity contribution in [2.45, 2.75) is 38.1 Å². The molecule has 0 spiro atoms. The molecule has 1 unspecified atom stereocenters. The van der Waals surface area contributed by atoms with Gasteiger partial charge >= 0.3 is 0 Å². The van der Waals surface area contributed by atoms with E-state index in [2.05, 4.69) is 17.6 Å². The van der Waals surface area contributed by atoms with Gasteiger partial charge in [0, 0.05) is 5.69 Å². The van der Waals surface area contributed by atoms with Crippen molar-refractivity contribution in [2.24, 2.45) is 0 Å². The summed E-state index contributed by atoms with van der Waals surface area (Å²) in [6, 6.07) is 6.57. The minimum Gasteiger partial charge on any atom is -0.508 e. The first-order chi connectivity index (χ1) is 8.66. The predicted molar refractivity (Wildman–Crippen MR) is 71.6 cm³/mol. The fourth-order valence-corrected chi connectivity index (χ4v) is 2.55. The maximum absolute atomic E-state index is 12.4. The fraction of sp³-hybridized carbons (Fsp3) is 0.500. The molecule has 1 aromatic carbocycles. The lowest BCUT2D eigenvalue weighted by Gasteiger charge is -2.27. The zero-order valence-electron chi connectivity index (χ0n) is 10.7. The first-order valence-electron chi connectivity index (χ1n) is 6.52. The van der Waals surface area contributed by atoms with Crippen molar-refractivity contribution in [3.63, 3.8) is 0 Å². The van der Waals surface area contributed by atoms with E-state index >= 15 is 0 Å². The van der Waals surface area contributed by atoms with Crippen molar-refractivity contribution in [3.05, 3.63) is 24.3 Å². The zero-order chi connectivity index (χ0) is 13.0. The summed E-state index contributed by atoms with van der Waals surface area (Å²) in [6.07, 6.45) is 3.78. The highest BCUT2D eigenvalue weighted by Gasteiger charge is 2.39. The molecular formula is C14H20N2O2. The molecule has 98 valence electrons. The van der Waals surface area contributed by atoms with E-state index in [0.717, 1.165) is 37.9 Å². The molecule has 0 bridgehead atoms. The first-order valence-corrected chi connectivity index (χ1v) is 6.52. The number of benzene rings is 1. The van der Waals surface area contributed by atoms with Gasteiger partial charge in [0.05, 0.1) is 5.54 Å². The van der Waals surface area contributed by atoms with Crippen LogP contribution in [0, 0.1) is 0 Å². The molecular weight excluding hydrogens is 228 g/mol. The van der Waals surface area contributed by atoms with Crippen LogP contribution >= 0.6 is 0 Å². The topological polar surface area (TPSA) is 61.4 Å². The summed E-state index contributed by atoms with van der Waals surface area (Å²) in [5, 5.41) is 15.5. The van der Waals surface area contributed by atoms with Gasteiger partial charge < -0.3 is 15.7 Å². The number of anilines is 1. The molecule has 3 N–H and O–H groups in total. The highest BCUT2D eigenvalue weighted by atomic mass is 16.3. The number of carbonyl (C=O) groups excluding carboxylic acids is 1. The van der Waals surface area contributed by atoms with Gasteiger partial charge in [-0.1, -0.05) is 13.3 Å². The maximum Gasteiger partial charge on any atom is 0.244 e. The minimum absolute atomic E-state index is 0.0348. The van der Waals surface area contributed by atoms with E-state index in [9.17, 15) is 9.90 Å². The molecule has 1 aromatic rings. The molecule has 0 aromatic heterocycles. The van der Waals surface area contributed by atoms with Gasteiger partial charge in [-0.05, 0) is 50.1 Å². The number of nitrogens with one attached hydrogen (secondary N) is 2. The predicted octanol–water partition coefficient (Wildman–Crippen LogP) is 2.25. The van der Waals surface area contributed by atoms with Crippen molar-refractivity contribution in [3.8, 4) is 5.75 Å². The molecule has 1 heterocycles. The largest absolute Gasteiger partial charge is 0.508 e. The van der Waals surface area contributed by atoms with Crippen LogP contribution in [0.2, 0.25) is 0 Å². The highest BCUT2D eigenvalue weighted by Crippen LogP contribution is 2.26. The summed E-state index contributed by atoms with van der Waals surface area (Å²) in [7, 11) is 0. The Labute approximate surface area is 107 Å². The van der Waals surface area contributed by atoms with Gasteiger partial charge in [-0.2, -0.15) is 0 Å². The number of aromatic hydroxyl groups is 1. The van der Waals surface area contributed by atoms with E-state index in [4.69, 9.17) is 0 Å². The lowest BCUT2D eigenvalue weighted by atomic mass is 9.91. The van der Waals surface area contributed by atoms with Gasteiger partial charge in [-0.15, -0.1) is 0 Å². The molecule has 2 rings (SSSR count). The SMILES string of the molecule is CCCC1(C(=O)Nc2ccc(O)cc2)CCCN1. The van der Waals surface area contributed by atoms with Crippen LogP contribution in [0.3, 0.4) is 0 Å². The van der Waals surface area contributed by atoms with Crippen LogP contribution in [0.1, 0.15) is 32.6 Å². The Morgan fingerprint density at radius 2 is 2.17 bits per heavy atom. The van der Waals surface area contributed by atoms with E-state index in [1.54, 1.807) is 24.3 Å². The third-order valence-corrected chi connectivity index (χ3v) is 3.48. The van der Waals surface area contributed by atoms with Crippen LogP contribution in [-0.2, 0) is 4.79 Å². The Kier molecular flexibility index (Phi) is 3.87.